The quantitative estimate of drug-likeness (QED) is 0.590. The van der Waals surface area contributed by atoms with Crippen molar-refractivity contribution in [3.63, 3.8) is 0 Å². The first-order valence-corrected chi connectivity index (χ1v) is 13.5. The summed E-state index contributed by atoms with van der Waals surface area (Å²) in [5.41, 5.74) is 4.85. The molecule has 0 unspecified atom stereocenters. The summed E-state index contributed by atoms with van der Waals surface area (Å²) >= 11 is 6.36. The van der Waals surface area contributed by atoms with Gasteiger partial charge in [0.2, 0.25) is 11.8 Å². The molecule has 4 amide bonds. The average Bonchev–Trinajstić information content (AvgIpc) is 3.27. The number of hydrogen-bond acceptors (Lipinski definition) is 8. The smallest absolute Gasteiger partial charge is 0.417 e. The number of halogens is 1. The number of likely N-dealkylation sites (tertiary alicyclic amines) is 1. The Labute approximate surface area is 235 Å². The lowest BCUT2D eigenvalue weighted by Crippen LogP contribution is -2.55. The summed E-state index contributed by atoms with van der Waals surface area (Å²) in [4.78, 5) is 58.8. The number of nitrogens with two attached hydrogens (primary N) is 1. The molecule has 2 saturated heterocycles. The SMILES string of the molecule is CC(C)(C)OC(=O)N1C[C@H](N(C(=O)CN)C(=O)OC(C)(C)C)C[C@H]1C(=O)N1CCN(c2ccccc2Cl)CC1. The van der Waals surface area contributed by atoms with E-state index in [-0.39, 0.29) is 18.9 Å². The molecular weight excluding hydrogens is 526 g/mol. The summed E-state index contributed by atoms with van der Waals surface area (Å²) in [7, 11) is 0. The van der Waals surface area contributed by atoms with Crippen LogP contribution in [0.1, 0.15) is 48.0 Å². The number of amides is 4. The number of carbonyl (C=O) groups is 4. The van der Waals surface area contributed by atoms with E-state index < -0.39 is 47.9 Å². The van der Waals surface area contributed by atoms with Crippen LogP contribution in [0.3, 0.4) is 0 Å². The zero-order valence-corrected chi connectivity index (χ0v) is 24.4. The first kappa shape index (κ1) is 30.5. The molecule has 2 N–H and O–H groups in total. The fourth-order valence-corrected chi connectivity index (χ4v) is 4.96. The number of imide groups is 1. The van der Waals surface area contributed by atoms with Crippen molar-refractivity contribution in [2.24, 2.45) is 5.73 Å². The van der Waals surface area contributed by atoms with Gasteiger partial charge in [-0.1, -0.05) is 23.7 Å². The second-order valence-electron chi connectivity index (χ2n) is 11.7. The number of hydrogen-bond donors (Lipinski definition) is 1. The third-order valence-corrected chi connectivity index (χ3v) is 6.69. The van der Waals surface area contributed by atoms with Gasteiger partial charge >= 0.3 is 12.2 Å². The summed E-state index contributed by atoms with van der Waals surface area (Å²) in [6.45, 7) is 11.7. The van der Waals surface area contributed by atoms with Crippen LogP contribution in [0, 0.1) is 0 Å². The topological polar surface area (TPSA) is 126 Å². The van der Waals surface area contributed by atoms with Crippen LogP contribution in [0.25, 0.3) is 0 Å². The van der Waals surface area contributed by atoms with Crippen LogP contribution in [0.5, 0.6) is 0 Å². The van der Waals surface area contributed by atoms with Crippen molar-refractivity contribution < 1.29 is 28.7 Å². The molecule has 0 bridgehead atoms. The Balaban J connectivity index is 1.82. The lowest BCUT2D eigenvalue weighted by molar-refractivity contribution is -0.136. The van der Waals surface area contributed by atoms with Gasteiger partial charge in [0.15, 0.2) is 0 Å². The molecule has 0 aromatic heterocycles. The number of benzene rings is 1. The predicted octanol–water partition coefficient (Wildman–Crippen LogP) is 3.09. The minimum atomic E-state index is -0.924. The number of ether oxygens (including phenoxy) is 2. The van der Waals surface area contributed by atoms with Crippen molar-refractivity contribution in [2.75, 3.05) is 44.2 Å². The maximum atomic E-state index is 13.8. The number of piperazine rings is 1. The minimum absolute atomic E-state index is 0.0494. The number of para-hydroxylation sites is 1. The Bertz CT molecular complexity index is 1080. The van der Waals surface area contributed by atoms with Crippen LogP contribution >= 0.6 is 11.6 Å². The van der Waals surface area contributed by atoms with E-state index in [1.165, 1.54) is 4.90 Å². The number of nitrogens with zero attached hydrogens (tertiary/aromatic N) is 4. The first-order valence-electron chi connectivity index (χ1n) is 13.1. The molecular formula is C27H40ClN5O6. The lowest BCUT2D eigenvalue weighted by atomic mass is 10.1. The highest BCUT2D eigenvalue weighted by Gasteiger charge is 2.48. The van der Waals surface area contributed by atoms with E-state index in [0.717, 1.165) is 10.6 Å². The Hall–Kier alpha value is -3.05. The fraction of sp³-hybridized carbons (Fsp3) is 0.630. The van der Waals surface area contributed by atoms with Crippen LogP contribution < -0.4 is 10.6 Å². The average molecular weight is 566 g/mol. The van der Waals surface area contributed by atoms with E-state index in [9.17, 15) is 19.2 Å². The molecule has 39 heavy (non-hydrogen) atoms. The van der Waals surface area contributed by atoms with Gasteiger partial charge in [-0.2, -0.15) is 0 Å². The van der Waals surface area contributed by atoms with Gasteiger partial charge in [-0.3, -0.25) is 14.5 Å². The standard InChI is InChI=1S/C27H40ClN5O6/c1-26(2,3)38-24(36)32-17-18(33(22(34)16-29)25(37)39-27(4,5)6)15-21(32)23(35)31-13-11-30(12-14-31)20-10-8-7-9-19(20)28/h7-10,18,21H,11-17,29H2,1-6H3/t18-,21+/m1/s1. The van der Waals surface area contributed by atoms with Crippen molar-refractivity contribution in [1.29, 1.82) is 0 Å². The zero-order valence-electron chi connectivity index (χ0n) is 23.6. The molecule has 1 aromatic rings. The van der Waals surface area contributed by atoms with Crippen molar-refractivity contribution in [3.8, 4) is 0 Å². The van der Waals surface area contributed by atoms with Gasteiger partial charge in [0.25, 0.3) is 0 Å². The number of carbonyl (C=O) groups excluding carboxylic acids is 4. The molecule has 0 spiro atoms. The van der Waals surface area contributed by atoms with E-state index in [2.05, 4.69) is 4.90 Å². The third kappa shape index (κ3) is 7.76. The van der Waals surface area contributed by atoms with E-state index >= 15 is 0 Å². The van der Waals surface area contributed by atoms with Crippen molar-refractivity contribution in [1.82, 2.24) is 14.7 Å². The summed E-state index contributed by atoms with van der Waals surface area (Å²) in [5.74, 6) is -0.925. The monoisotopic (exact) mass is 565 g/mol. The Morgan fingerprint density at radius 2 is 1.56 bits per heavy atom. The molecule has 0 saturated carbocycles. The van der Waals surface area contributed by atoms with Gasteiger partial charge in [-0.15, -0.1) is 0 Å². The van der Waals surface area contributed by atoms with E-state index in [4.69, 9.17) is 26.8 Å². The van der Waals surface area contributed by atoms with Crippen LogP contribution in [-0.2, 0) is 19.1 Å². The van der Waals surface area contributed by atoms with Crippen molar-refractivity contribution in [2.45, 2.75) is 71.2 Å². The Kier molecular flexibility index (Phi) is 9.38. The predicted molar refractivity (Wildman–Crippen MR) is 148 cm³/mol. The molecule has 2 aliphatic heterocycles. The van der Waals surface area contributed by atoms with Gasteiger partial charge in [0.1, 0.15) is 17.2 Å². The zero-order chi connectivity index (χ0) is 29.1. The largest absolute Gasteiger partial charge is 0.444 e. The third-order valence-electron chi connectivity index (χ3n) is 6.38. The molecule has 216 valence electrons. The summed E-state index contributed by atoms with van der Waals surface area (Å²) in [5, 5.41) is 0.638. The molecule has 1 aromatic carbocycles. The van der Waals surface area contributed by atoms with Crippen LogP contribution in [-0.4, -0.2) is 101 Å². The van der Waals surface area contributed by atoms with Crippen LogP contribution in [0.4, 0.5) is 15.3 Å². The van der Waals surface area contributed by atoms with Gasteiger partial charge in [0.05, 0.1) is 23.3 Å². The summed E-state index contributed by atoms with van der Waals surface area (Å²) < 4.78 is 11.0. The molecule has 0 radical (unpaired) electrons. The fourth-order valence-electron chi connectivity index (χ4n) is 4.71. The van der Waals surface area contributed by atoms with E-state index in [1.54, 1.807) is 46.4 Å². The molecule has 12 heteroatoms. The molecule has 2 atom stereocenters. The first-order chi connectivity index (χ1) is 18.1. The Morgan fingerprint density at radius 1 is 0.974 bits per heavy atom. The maximum Gasteiger partial charge on any atom is 0.417 e. The summed E-state index contributed by atoms with van der Waals surface area (Å²) in [6, 6.07) is 5.81. The minimum Gasteiger partial charge on any atom is -0.444 e. The highest BCUT2D eigenvalue weighted by Crippen LogP contribution is 2.30. The lowest BCUT2D eigenvalue weighted by Gasteiger charge is -2.38. The van der Waals surface area contributed by atoms with Gasteiger partial charge in [-0.25, -0.2) is 14.5 Å². The van der Waals surface area contributed by atoms with Crippen molar-refractivity contribution >= 4 is 41.3 Å². The molecule has 3 rings (SSSR count). The van der Waals surface area contributed by atoms with E-state index in [0.29, 0.717) is 31.2 Å². The summed E-state index contributed by atoms with van der Waals surface area (Å²) in [6.07, 6.45) is -1.51. The number of anilines is 1. The van der Waals surface area contributed by atoms with E-state index in [1.807, 2.05) is 24.3 Å². The Morgan fingerprint density at radius 3 is 2.10 bits per heavy atom. The molecule has 2 aliphatic rings. The van der Waals surface area contributed by atoms with Crippen LogP contribution in [0.2, 0.25) is 5.02 Å². The van der Waals surface area contributed by atoms with Gasteiger partial charge < -0.3 is 25.0 Å². The molecule has 2 fully saturated rings. The molecule has 11 nitrogen and oxygen atoms in total. The van der Waals surface area contributed by atoms with Crippen LogP contribution in [0.15, 0.2) is 24.3 Å². The van der Waals surface area contributed by atoms with Gasteiger partial charge in [-0.05, 0) is 60.1 Å². The highest BCUT2D eigenvalue weighted by molar-refractivity contribution is 6.33. The maximum absolute atomic E-state index is 13.8. The second-order valence-corrected chi connectivity index (χ2v) is 12.2. The number of rotatable bonds is 4. The molecule has 0 aliphatic carbocycles. The van der Waals surface area contributed by atoms with Gasteiger partial charge in [0, 0.05) is 32.7 Å². The second kappa shape index (κ2) is 12.0. The molecule has 2 heterocycles. The normalized spacial score (nSPS) is 20.1. The highest BCUT2D eigenvalue weighted by atomic mass is 35.5. The van der Waals surface area contributed by atoms with Crippen molar-refractivity contribution in [3.05, 3.63) is 29.3 Å².